The highest BCUT2D eigenvalue weighted by Gasteiger charge is 2.55. The number of hydrogen-bond acceptors (Lipinski definition) is 7. The molecule has 1 aromatic heterocycles. The summed E-state index contributed by atoms with van der Waals surface area (Å²) in [6.07, 6.45) is 6.32. The summed E-state index contributed by atoms with van der Waals surface area (Å²) < 4.78 is 30.7. The van der Waals surface area contributed by atoms with Crippen molar-refractivity contribution in [2.24, 2.45) is 11.8 Å². The van der Waals surface area contributed by atoms with E-state index in [1.54, 1.807) is 6.08 Å². The van der Waals surface area contributed by atoms with Crippen LogP contribution in [0.15, 0.2) is 22.5 Å². The molecule has 9 nitrogen and oxygen atoms in total. The Balaban J connectivity index is 1.57. The smallest absolute Gasteiger partial charge is 0.276 e. The molecular formula is C19H26N4O5S. The van der Waals surface area contributed by atoms with Gasteiger partial charge in [-0.25, -0.2) is 17.7 Å². The number of hydrogen-bond donors (Lipinski definition) is 0. The molecule has 10 heteroatoms. The number of nitrogens with zero attached hydrogens (tertiary/aromatic N) is 4. The van der Waals surface area contributed by atoms with Gasteiger partial charge in [-0.1, -0.05) is 13.8 Å². The van der Waals surface area contributed by atoms with E-state index in [-0.39, 0.29) is 24.1 Å². The Bertz CT molecular complexity index is 978. The first-order chi connectivity index (χ1) is 13.6. The largest absolute Gasteiger partial charge is 0.447 e. The van der Waals surface area contributed by atoms with Crippen LogP contribution < -0.4 is 0 Å². The Labute approximate surface area is 170 Å². The third-order valence-electron chi connectivity index (χ3n) is 5.83. The molecule has 3 heterocycles. The Hall–Kier alpha value is -2.20. The van der Waals surface area contributed by atoms with Crippen LogP contribution in [-0.2, 0) is 21.4 Å². The molecule has 0 aromatic carbocycles. The number of aromatic nitrogens is 1. The molecule has 2 atom stereocenters. The molecule has 29 heavy (non-hydrogen) atoms. The lowest BCUT2D eigenvalue weighted by molar-refractivity contribution is -0.128. The average molecular weight is 423 g/mol. The molecule has 0 spiro atoms. The van der Waals surface area contributed by atoms with Crippen molar-refractivity contribution < 1.29 is 22.4 Å². The van der Waals surface area contributed by atoms with Crippen molar-refractivity contribution in [3.05, 3.63) is 29.6 Å². The quantitative estimate of drug-likeness (QED) is 0.675. The van der Waals surface area contributed by atoms with Gasteiger partial charge < -0.3 is 9.32 Å². The van der Waals surface area contributed by atoms with Gasteiger partial charge in [-0.15, -0.1) is 0 Å². The molecule has 2 aliphatic heterocycles. The van der Waals surface area contributed by atoms with Crippen molar-refractivity contribution in [2.45, 2.75) is 45.3 Å². The minimum Gasteiger partial charge on any atom is -0.447 e. The Morgan fingerprint density at radius 2 is 2.07 bits per heavy atom. The maximum absolute atomic E-state index is 13.1. The molecule has 4 rings (SSSR count). The maximum Gasteiger partial charge on any atom is 0.276 e. The van der Waals surface area contributed by atoms with Crippen LogP contribution in [0.4, 0.5) is 0 Å². The van der Waals surface area contributed by atoms with Crippen molar-refractivity contribution in [1.29, 1.82) is 0 Å². The first kappa shape index (κ1) is 20.1. The Kier molecular flexibility index (Phi) is 4.81. The van der Waals surface area contributed by atoms with Crippen molar-refractivity contribution >= 4 is 21.8 Å². The number of fused-ring (bicyclic) bond motifs is 1. The summed E-state index contributed by atoms with van der Waals surface area (Å²) in [6.45, 7) is 4.47. The molecule has 1 aromatic rings. The van der Waals surface area contributed by atoms with Crippen molar-refractivity contribution in [1.82, 2.24) is 19.1 Å². The zero-order valence-electron chi connectivity index (χ0n) is 17.0. The van der Waals surface area contributed by atoms with Gasteiger partial charge in [0, 0.05) is 12.6 Å². The standard InChI is InChI=1S/C19H26N4O5S/c1-11(2)16-17-14(23(19(16)25)29(4,26)27)7-8-22(17)18(24)13-10-28-15(20-13)9-21(3)12-5-6-12/h7,10-12,16-17H,5-6,8-9H2,1-4H3/t16-,17+/m0/s1. The zero-order valence-corrected chi connectivity index (χ0v) is 17.8. The lowest BCUT2D eigenvalue weighted by atomic mass is 9.89. The summed E-state index contributed by atoms with van der Waals surface area (Å²) in [5.74, 6) is -1.12. The fourth-order valence-corrected chi connectivity index (χ4v) is 5.28. The third kappa shape index (κ3) is 3.48. The minimum atomic E-state index is -3.76. The van der Waals surface area contributed by atoms with E-state index in [0.29, 0.717) is 24.2 Å². The monoisotopic (exact) mass is 422 g/mol. The van der Waals surface area contributed by atoms with E-state index in [9.17, 15) is 18.0 Å². The third-order valence-corrected chi connectivity index (χ3v) is 6.89. The second-order valence-corrected chi connectivity index (χ2v) is 10.3. The predicted molar refractivity (Wildman–Crippen MR) is 104 cm³/mol. The van der Waals surface area contributed by atoms with Gasteiger partial charge in [0.25, 0.3) is 5.91 Å². The molecular weight excluding hydrogens is 396 g/mol. The highest BCUT2D eigenvalue weighted by atomic mass is 32.2. The van der Waals surface area contributed by atoms with E-state index in [2.05, 4.69) is 9.88 Å². The van der Waals surface area contributed by atoms with Gasteiger partial charge in [0.15, 0.2) is 5.69 Å². The number of oxazole rings is 1. The van der Waals surface area contributed by atoms with E-state index in [0.717, 1.165) is 23.4 Å². The first-order valence-electron chi connectivity index (χ1n) is 9.79. The molecule has 0 radical (unpaired) electrons. The van der Waals surface area contributed by atoms with Crippen LogP contribution in [0.3, 0.4) is 0 Å². The number of carbonyl (C=O) groups excluding carboxylic acids is 2. The Morgan fingerprint density at radius 3 is 2.66 bits per heavy atom. The lowest BCUT2D eigenvalue weighted by Gasteiger charge is -2.28. The van der Waals surface area contributed by atoms with Gasteiger partial charge in [-0.2, -0.15) is 0 Å². The Morgan fingerprint density at radius 1 is 1.38 bits per heavy atom. The maximum atomic E-state index is 13.1. The summed E-state index contributed by atoms with van der Waals surface area (Å²) in [5, 5.41) is 0. The molecule has 0 N–H and O–H groups in total. The van der Waals surface area contributed by atoms with E-state index < -0.39 is 27.9 Å². The van der Waals surface area contributed by atoms with Crippen LogP contribution in [0, 0.1) is 11.8 Å². The topological polar surface area (TPSA) is 104 Å². The number of amides is 2. The van der Waals surface area contributed by atoms with Crippen LogP contribution in [0.2, 0.25) is 0 Å². The lowest BCUT2D eigenvalue weighted by Crippen LogP contribution is -2.43. The van der Waals surface area contributed by atoms with Crippen LogP contribution in [0.5, 0.6) is 0 Å². The van der Waals surface area contributed by atoms with Crippen molar-refractivity contribution in [2.75, 3.05) is 19.8 Å². The van der Waals surface area contributed by atoms with E-state index in [4.69, 9.17) is 4.42 Å². The van der Waals surface area contributed by atoms with Crippen molar-refractivity contribution in [3.63, 3.8) is 0 Å². The average Bonchev–Trinajstić information content (AvgIpc) is 3.12. The highest BCUT2D eigenvalue weighted by molar-refractivity contribution is 7.89. The zero-order chi connectivity index (χ0) is 21.1. The van der Waals surface area contributed by atoms with Gasteiger partial charge in [0.1, 0.15) is 6.26 Å². The number of sulfonamides is 1. The second kappa shape index (κ2) is 6.94. The first-order valence-corrected chi connectivity index (χ1v) is 11.6. The molecule has 0 bridgehead atoms. The molecule has 3 aliphatic rings. The molecule has 0 unspecified atom stereocenters. The second-order valence-electron chi connectivity index (χ2n) is 8.44. The number of carbonyl (C=O) groups is 2. The minimum absolute atomic E-state index is 0.129. The van der Waals surface area contributed by atoms with Crippen LogP contribution in [-0.4, -0.2) is 71.3 Å². The van der Waals surface area contributed by atoms with Crippen LogP contribution >= 0.6 is 0 Å². The normalized spacial score (nSPS) is 24.6. The summed E-state index contributed by atoms with van der Waals surface area (Å²) in [7, 11) is -1.76. The van der Waals surface area contributed by atoms with E-state index in [1.165, 1.54) is 11.2 Å². The van der Waals surface area contributed by atoms with Gasteiger partial charge in [-0.3, -0.25) is 14.5 Å². The summed E-state index contributed by atoms with van der Waals surface area (Å²) in [4.78, 5) is 34.0. The van der Waals surface area contributed by atoms with Gasteiger partial charge >= 0.3 is 0 Å². The molecule has 158 valence electrons. The molecule has 1 aliphatic carbocycles. The fourth-order valence-electron chi connectivity index (χ4n) is 4.26. The van der Waals surface area contributed by atoms with Crippen molar-refractivity contribution in [3.8, 4) is 0 Å². The number of rotatable bonds is 6. The summed E-state index contributed by atoms with van der Waals surface area (Å²) in [6, 6.07) is -0.0660. The summed E-state index contributed by atoms with van der Waals surface area (Å²) in [5.41, 5.74) is 0.536. The fraction of sp³-hybridized carbons (Fsp3) is 0.632. The van der Waals surface area contributed by atoms with E-state index in [1.807, 2.05) is 20.9 Å². The van der Waals surface area contributed by atoms with Gasteiger partial charge in [0.05, 0.1) is 30.5 Å². The predicted octanol–water partition coefficient (Wildman–Crippen LogP) is 1.05. The molecule has 1 saturated carbocycles. The van der Waals surface area contributed by atoms with Crippen LogP contribution in [0.25, 0.3) is 0 Å². The van der Waals surface area contributed by atoms with Gasteiger partial charge in [0.2, 0.25) is 21.8 Å². The molecule has 2 amide bonds. The summed E-state index contributed by atoms with van der Waals surface area (Å²) >= 11 is 0. The van der Waals surface area contributed by atoms with Crippen LogP contribution in [0.1, 0.15) is 43.1 Å². The molecule has 1 saturated heterocycles. The van der Waals surface area contributed by atoms with Gasteiger partial charge in [-0.05, 0) is 31.9 Å². The molecule has 2 fully saturated rings. The highest BCUT2D eigenvalue weighted by Crippen LogP contribution is 2.41. The van der Waals surface area contributed by atoms with E-state index >= 15 is 0 Å². The SMILES string of the molecule is CC(C)[C@@H]1C(=O)N(S(C)(=O)=O)C2=CCN(C(=O)c3coc(CN(C)C4CC4)n3)[C@H]21.